The van der Waals surface area contributed by atoms with Crippen molar-refractivity contribution in [2.24, 2.45) is 5.92 Å². The van der Waals surface area contributed by atoms with Crippen LogP contribution < -0.4 is 5.32 Å². The van der Waals surface area contributed by atoms with Crippen molar-refractivity contribution in [3.8, 4) is 0 Å². The first-order chi connectivity index (χ1) is 8.99. The summed E-state index contributed by atoms with van der Waals surface area (Å²) in [5, 5.41) is 3.59. The van der Waals surface area contributed by atoms with Gasteiger partial charge in [-0.3, -0.25) is 0 Å². The van der Waals surface area contributed by atoms with Crippen molar-refractivity contribution in [2.45, 2.75) is 64.8 Å². The van der Waals surface area contributed by atoms with Gasteiger partial charge in [-0.2, -0.15) is 0 Å². The highest BCUT2D eigenvalue weighted by atomic mass is 14.9. The number of hydrogen-bond donors (Lipinski definition) is 1. The smallest absolute Gasteiger partial charge is 0.00698 e. The molecule has 1 aromatic rings. The molecule has 0 heterocycles. The summed E-state index contributed by atoms with van der Waals surface area (Å²) in [7, 11) is 0. The molecule has 1 fully saturated rings. The van der Waals surface area contributed by atoms with Gasteiger partial charge in [-0.1, -0.05) is 52.0 Å². The largest absolute Gasteiger partial charge is 0.314 e. The zero-order valence-corrected chi connectivity index (χ0v) is 13.0. The Morgan fingerprint density at radius 3 is 2.37 bits per heavy atom. The van der Waals surface area contributed by atoms with Gasteiger partial charge in [-0.05, 0) is 54.7 Å². The van der Waals surface area contributed by atoms with Crippen LogP contribution in [-0.2, 0) is 11.8 Å². The van der Waals surface area contributed by atoms with Gasteiger partial charge in [0, 0.05) is 6.04 Å². The first kappa shape index (κ1) is 14.6. The van der Waals surface area contributed by atoms with Crippen LogP contribution >= 0.6 is 0 Å². The molecule has 1 N–H and O–H groups in total. The summed E-state index contributed by atoms with van der Waals surface area (Å²) in [4.78, 5) is 0. The van der Waals surface area contributed by atoms with E-state index >= 15 is 0 Å². The van der Waals surface area contributed by atoms with Gasteiger partial charge in [-0.15, -0.1) is 0 Å². The Kier molecular flexibility index (Phi) is 4.67. The van der Waals surface area contributed by atoms with Gasteiger partial charge in [0.15, 0.2) is 0 Å². The second kappa shape index (κ2) is 6.09. The van der Waals surface area contributed by atoms with Gasteiger partial charge < -0.3 is 5.32 Å². The molecule has 0 aliphatic heterocycles. The van der Waals surface area contributed by atoms with Crippen LogP contribution in [0.15, 0.2) is 24.3 Å². The van der Waals surface area contributed by atoms with E-state index in [-0.39, 0.29) is 5.41 Å². The third kappa shape index (κ3) is 4.07. The van der Waals surface area contributed by atoms with Gasteiger partial charge in [0.2, 0.25) is 0 Å². The van der Waals surface area contributed by atoms with E-state index in [0.717, 1.165) is 18.5 Å². The van der Waals surface area contributed by atoms with Gasteiger partial charge in [0.25, 0.3) is 0 Å². The molecule has 19 heavy (non-hydrogen) atoms. The zero-order valence-electron chi connectivity index (χ0n) is 13.0. The van der Waals surface area contributed by atoms with Crippen molar-refractivity contribution in [1.82, 2.24) is 5.32 Å². The maximum Gasteiger partial charge on any atom is 0.00698 e. The van der Waals surface area contributed by atoms with E-state index in [0.29, 0.717) is 0 Å². The van der Waals surface area contributed by atoms with E-state index in [1.807, 2.05) is 0 Å². The minimum Gasteiger partial charge on any atom is -0.314 e. The number of rotatable bonds is 4. The molecule has 0 amide bonds. The fraction of sp³-hybridized carbons (Fsp3) is 0.667. The molecule has 1 saturated carbocycles. The van der Waals surface area contributed by atoms with E-state index < -0.39 is 0 Å². The summed E-state index contributed by atoms with van der Waals surface area (Å²) in [6.07, 6.45) is 5.36. The van der Waals surface area contributed by atoms with Crippen LogP contribution in [0.3, 0.4) is 0 Å². The van der Waals surface area contributed by atoms with Gasteiger partial charge in [-0.25, -0.2) is 0 Å². The Bertz CT molecular complexity index is 385. The van der Waals surface area contributed by atoms with Crippen LogP contribution in [0, 0.1) is 5.92 Å². The highest BCUT2D eigenvalue weighted by molar-refractivity contribution is 5.27. The molecule has 0 spiro atoms. The number of nitrogens with one attached hydrogen (secondary N) is 1. The maximum atomic E-state index is 3.59. The van der Waals surface area contributed by atoms with Gasteiger partial charge in [0.05, 0.1) is 0 Å². The highest BCUT2D eigenvalue weighted by Gasteiger charge is 2.24. The summed E-state index contributed by atoms with van der Waals surface area (Å²) in [6.45, 7) is 10.1. The molecule has 2 atom stereocenters. The summed E-state index contributed by atoms with van der Waals surface area (Å²) in [6, 6.07) is 10.1. The molecule has 0 bridgehead atoms. The zero-order chi connectivity index (χ0) is 13.9. The SMILES string of the molecule is CCNC1CCC(Cc2ccc(C(C)(C)C)cc2)C1. The van der Waals surface area contributed by atoms with Crippen molar-refractivity contribution >= 4 is 0 Å². The van der Waals surface area contributed by atoms with E-state index in [1.54, 1.807) is 0 Å². The third-order valence-electron chi connectivity index (χ3n) is 4.38. The normalized spacial score (nSPS) is 23.8. The van der Waals surface area contributed by atoms with Crippen molar-refractivity contribution in [3.05, 3.63) is 35.4 Å². The Hall–Kier alpha value is -0.820. The molecule has 1 nitrogen and oxygen atoms in total. The van der Waals surface area contributed by atoms with Crippen LogP contribution in [-0.4, -0.2) is 12.6 Å². The predicted octanol–water partition coefficient (Wildman–Crippen LogP) is 4.30. The minimum absolute atomic E-state index is 0.266. The Morgan fingerprint density at radius 1 is 1.11 bits per heavy atom. The molecular weight excluding hydrogens is 230 g/mol. The lowest BCUT2D eigenvalue weighted by Crippen LogP contribution is -2.25. The molecule has 1 heteroatoms. The first-order valence-corrected chi connectivity index (χ1v) is 7.82. The summed E-state index contributed by atoms with van der Waals surface area (Å²) >= 11 is 0. The van der Waals surface area contributed by atoms with Crippen LogP contribution in [0.1, 0.15) is 58.1 Å². The molecule has 2 unspecified atom stereocenters. The molecule has 1 aliphatic rings. The lowest BCUT2D eigenvalue weighted by atomic mass is 9.86. The van der Waals surface area contributed by atoms with Crippen molar-refractivity contribution in [3.63, 3.8) is 0 Å². The van der Waals surface area contributed by atoms with Crippen molar-refractivity contribution in [2.75, 3.05) is 6.54 Å². The Morgan fingerprint density at radius 2 is 1.79 bits per heavy atom. The fourth-order valence-electron chi connectivity index (χ4n) is 3.21. The third-order valence-corrected chi connectivity index (χ3v) is 4.38. The Balaban J connectivity index is 1.90. The Labute approximate surface area is 118 Å². The molecule has 1 aromatic carbocycles. The van der Waals surface area contributed by atoms with E-state index in [2.05, 4.69) is 57.3 Å². The lowest BCUT2D eigenvalue weighted by Gasteiger charge is -2.19. The quantitative estimate of drug-likeness (QED) is 0.850. The summed E-state index contributed by atoms with van der Waals surface area (Å²) in [5.41, 5.74) is 3.21. The average Bonchev–Trinajstić information content (AvgIpc) is 2.77. The lowest BCUT2D eigenvalue weighted by molar-refractivity contribution is 0.493. The summed E-state index contributed by atoms with van der Waals surface area (Å²) < 4.78 is 0. The molecule has 0 radical (unpaired) electrons. The van der Waals surface area contributed by atoms with Crippen molar-refractivity contribution in [1.29, 1.82) is 0 Å². The molecule has 2 rings (SSSR count). The van der Waals surface area contributed by atoms with Gasteiger partial charge in [0.1, 0.15) is 0 Å². The standard InChI is InChI=1S/C18H29N/c1-5-19-17-11-8-15(13-17)12-14-6-9-16(10-7-14)18(2,3)4/h6-7,9-10,15,17,19H,5,8,11-13H2,1-4H3. The second-order valence-corrected chi connectivity index (χ2v) is 7.08. The van der Waals surface area contributed by atoms with Crippen LogP contribution in [0.25, 0.3) is 0 Å². The topological polar surface area (TPSA) is 12.0 Å². The first-order valence-electron chi connectivity index (χ1n) is 7.82. The molecule has 0 saturated heterocycles. The van der Waals surface area contributed by atoms with Crippen LogP contribution in [0.2, 0.25) is 0 Å². The van der Waals surface area contributed by atoms with Crippen molar-refractivity contribution < 1.29 is 0 Å². The second-order valence-electron chi connectivity index (χ2n) is 7.08. The van der Waals surface area contributed by atoms with Gasteiger partial charge >= 0.3 is 0 Å². The average molecular weight is 259 g/mol. The number of benzene rings is 1. The molecular formula is C18H29N. The minimum atomic E-state index is 0.266. The fourth-order valence-corrected chi connectivity index (χ4v) is 3.21. The molecule has 0 aromatic heterocycles. The van der Waals surface area contributed by atoms with Crippen LogP contribution in [0.4, 0.5) is 0 Å². The molecule has 106 valence electrons. The predicted molar refractivity (Wildman–Crippen MR) is 83.7 cm³/mol. The monoisotopic (exact) mass is 259 g/mol. The van der Waals surface area contributed by atoms with E-state index in [1.165, 1.54) is 36.8 Å². The maximum absolute atomic E-state index is 3.59. The molecule has 1 aliphatic carbocycles. The van der Waals surface area contributed by atoms with E-state index in [4.69, 9.17) is 0 Å². The highest BCUT2D eigenvalue weighted by Crippen LogP contribution is 2.29. The number of hydrogen-bond acceptors (Lipinski definition) is 1. The van der Waals surface area contributed by atoms with Crippen LogP contribution in [0.5, 0.6) is 0 Å². The van der Waals surface area contributed by atoms with E-state index in [9.17, 15) is 0 Å². The summed E-state index contributed by atoms with van der Waals surface area (Å²) in [5.74, 6) is 0.879.